The lowest BCUT2D eigenvalue weighted by Gasteiger charge is -2.43. The second-order valence-corrected chi connectivity index (χ2v) is 10.1. The summed E-state index contributed by atoms with van der Waals surface area (Å²) in [6, 6.07) is 44.3. The molecule has 0 saturated carbocycles. The normalized spacial score (nSPS) is 15.5. The molecule has 0 aliphatic heterocycles. The standard InChI is InChI=1S/C36H29NO2/c1-2-39-28-20-17-24(18-21-28)33-30-23-27(38)19-22-31(30)36(25-11-5-3-6-12-25,26-13-7-4-8-14-26)35-34(33)29-15-9-10-16-32(29)37-35/h3-23,33,37-38H,2H2,1H3. The number of hydrogen-bond acceptors (Lipinski definition) is 2. The second kappa shape index (κ2) is 9.21. The minimum atomic E-state index is -0.596. The van der Waals surface area contributed by atoms with Gasteiger partial charge in [0.25, 0.3) is 0 Å². The molecule has 5 aromatic carbocycles. The first-order valence-corrected chi connectivity index (χ1v) is 13.5. The van der Waals surface area contributed by atoms with E-state index in [1.165, 1.54) is 22.1 Å². The van der Waals surface area contributed by atoms with E-state index in [2.05, 4.69) is 108 Å². The molecule has 2 N–H and O–H groups in total. The molecule has 0 fully saturated rings. The Hall–Kier alpha value is -4.76. The van der Waals surface area contributed by atoms with Crippen molar-refractivity contribution < 1.29 is 9.84 Å². The fourth-order valence-electron chi connectivity index (χ4n) is 6.59. The molecule has 0 spiro atoms. The minimum Gasteiger partial charge on any atom is -0.508 e. The van der Waals surface area contributed by atoms with Crippen LogP contribution < -0.4 is 4.74 Å². The highest BCUT2D eigenvalue weighted by atomic mass is 16.5. The van der Waals surface area contributed by atoms with E-state index in [0.29, 0.717) is 6.61 Å². The average molecular weight is 508 g/mol. The Kier molecular flexibility index (Phi) is 5.52. The Labute approximate surface area is 228 Å². The maximum Gasteiger partial charge on any atom is 0.119 e. The number of nitrogens with one attached hydrogen (secondary N) is 1. The molecule has 0 amide bonds. The average Bonchev–Trinajstić information content (AvgIpc) is 3.37. The number of aromatic amines is 1. The lowest BCUT2D eigenvalue weighted by atomic mass is 9.59. The van der Waals surface area contributed by atoms with Gasteiger partial charge in [0.05, 0.1) is 12.0 Å². The molecule has 1 aromatic heterocycles. The van der Waals surface area contributed by atoms with E-state index in [0.717, 1.165) is 33.7 Å². The topological polar surface area (TPSA) is 45.2 Å². The second-order valence-electron chi connectivity index (χ2n) is 10.1. The molecular weight excluding hydrogens is 478 g/mol. The third-order valence-electron chi connectivity index (χ3n) is 8.10. The molecule has 3 heteroatoms. The summed E-state index contributed by atoms with van der Waals surface area (Å²) in [6.45, 7) is 2.63. The molecule has 7 rings (SSSR count). The zero-order chi connectivity index (χ0) is 26.4. The molecule has 6 aromatic rings. The van der Waals surface area contributed by atoms with E-state index >= 15 is 0 Å². The van der Waals surface area contributed by atoms with E-state index in [1.807, 2.05) is 31.2 Å². The van der Waals surface area contributed by atoms with Gasteiger partial charge in [-0.3, -0.25) is 0 Å². The van der Waals surface area contributed by atoms with E-state index in [1.54, 1.807) is 0 Å². The Balaban J connectivity index is 1.64. The van der Waals surface area contributed by atoms with Gasteiger partial charge in [-0.25, -0.2) is 0 Å². The number of fused-ring (bicyclic) bond motifs is 4. The summed E-state index contributed by atoms with van der Waals surface area (Å²) in [7, 11) is 0. The highest BCUT2D eigenvalue weighted by molar-refractivity contribution is 5.90. The monoisotopic (exact) mass is 507 g/mol. The number of phenols is 1. The van der Waals surface area contributed by atoms with Gasteiger partial charge < -0.3 is 14.8 Å². The van der Waals surface area contributed by atoms with Gasteiger partial charge >= 0.3 is 0 Å². The first kappa shape index (κ1) is 23.4. The molecule has 0 radical (unpaired) electrons. The van der Waals surface area contributed by atoms with Crippen LogP contribution >= 0.6 is 0 Å². The number of para-hydroxylation sites is 1. The molecule has 0 bridgehead atoms. The summed E-state index contributed by atoms with van der Waals surface area (Å²) < 4.78 is 5.76. The Morgan fingerprint density at radius 2 is 1.38 bits per heavy atom. The maximum absolute atomic E-state index is 10.9. The number of ether oxygens (including phenoxy) is 1. The van der Waals surface area contributed by atoms with Crippen molar-refractivity contribution >= 4 is 10.9 Å². The van der Waals surface area contributed by atoms with E-state index in [4.69, 9.17) is 4.74 Å². The van der Waals surface area contributed by atoms with Gasteiger partial charge in [-0.15, -0.1) is 0 Å². The van der Waals surface area contributed by atoms with Crippen LogP contribution in [-0.2, 0) is 5.41 Å². The zero-order valence-corrected chi connectivity index (χ0v) is 21.8. The smallest absolute Gasteiger partial charge is 0.119 e. The van der Waals surface area contributed by atoms with Crippen LogP contribution in [0.1, 0.15) is 51.9 Å². The quantitative estimate of drug-likeness (QED) is 0.247. The summed E-state index contributed by atoms with van der Waals surface area (Å²) in [6.07, 6.45) is 0. The molecule has 39 heavy (non-hydrogen) atoms. The van der Waals surface area contributed by atoms with E-state index < -0.39 is 5.41 Å². The molecule has 1 unspecified atom stereocenters. The Morgan fingerprint density at radius 3 is 2.05 bits per heavy atom. The molecular formula is C36H29NO2. The van der Waals surface area contributed by atoms with Crippen molar-refractivity contribution in [3.63, 3.8) is 0 Å². The van der Waals surface area contributed by atoms with Crippen LogP contribution in [0.15, 0.2) is 127 Å². The number of aromatic nitrogens is 1. The van der Waals surface area contributed by atoms with Crippen molar-refractivity contribution in [1.82, 2.24) is 4.98 Å². The maximum atomic E-state index is 10.9. The van der Waals surface area contributed by atoms with Crippen LogP contribution in [0.25, 0.3) is 10.9 Å². The van der Waals surface area contributed by atoms with Gasteiger partial charge in [-0.2, -0.15) is 0 Å². The first-order valence-electron chi connectivity index (χ1n) is 13.5. The van der Waals surface area contributed by atoms with Gasteiger partial charge in [-0.05, 0) is 70.6 Å². The number of hydrogen-bond donors (Lipinski definition) is 2. The predicted octanol–water partition coefficient (Wildman–Crippen LogP) is 8.15. The lowest BCUT2D eigenvalue weighted by molar-refractivity contribution is 0.340. The van der Waals surface area contributed by atoms with Gasteiger partial charge in [-0.1, -0.05) is 97.1 Å². The lowest BCUT2D eigenvalue weighted by Crippen LogP contribution is -2.37. The molecule has 3 nitrogen and oxygen atoms in total. The van der Waals surface area contributed by atoms with Crippen molar-refractivity contribution in [3.8, 4) is 11.5 Å². The summed E-state index contributed by atoms with van der Waals surface area (Å²) in [5, 5.41) is 12.1. The predicted molar refractivity (Wildman–Crippen MR) is 157 cm³/mol. The summed E-state index contributed by atoms with van der Waals surface area (Å²) in [4.78, 5) is 3.90. The van der Waals surface area contributed by atoms with Gasteiger partial charge in [0.15, 0.2) is 0 Å². The van der Waals surface area contributed by atoms with Crippen molar-refractivity contribution in [2.45, 2.75) is 18.3 Å². The molecule has 1 aliphatic rings. The zero-order valence-electron chi connectivity index (χ0n) is 21.8. The van der Waals surface area contributed by atoms with Gasteiger partial charge in [0.1, 0.15) is 11.5 Å². The van der Waals surface area contributed by atoms with Crippen molar-refractivity contribution in [1.29, 1.82) is 0 Å². The third kappa shape index (κ3) is 3.50. The van der Waals surface area contributed by atoms with Crippen molar-refractivity contribution in [2.75, 3.05) is 6.61 Å². The van der Waals surface area contributed by atoms with Crippen LogP contribution in [-0.4, -0.2) is 16.7 Å². The molecule has 0 saturated heterocycles. The largest absolute Gasteiger partial charge is 0.508 e. The fourth-order valence-corrected chi connectivity index (χ4v) is 6.59. The number of rotatable bonds is 5. The molecule has 1 heterocycles. The summed E-state index contributed by atoms with van der Waals surface area (Å²) >= 11 is 0. The third-order valence-corrected chi connectivity index (χ3v) is 8.10. The van der Waals surface area contributed by atoms with Crippen LogP contribution in [0, 0.1) is 0 Å². The van der Waals surface area contributed by atoms with E-state index in [-0.39, 0.29) is 11.7 Å². The minimum absolute atomic E-state index is 0.0746. The van der Waals surface area contributed by atoms with Crippen LogP contribution in [0.2, 0.25) is 0 Å². The molecule has 190 valence electrons. The van der Waals surface area contributed by atoms with Crippen LogP contribution in [0.3, 0.4) is 0 Å². The Bertz CT molecular complexity index is 1730. The number of phenolic OH excluding ortho intramolecular Hbond substituents is 1. The Morgan fingerprint density at radius 1 is 0.744 bits per heavy atom. The SMILES string of the molecule is CCOc1ccc(C2c3cc(O)ccc3C(c3ccccc3)(c3ccccc3)c3[nH]c4ccccc4c32)cc1. The van der Waals surface area contributed by atoms with E-state index in [9.17, 15) is 5.11 Å². The number of H-pyrrole nitrogens is 1. The van der Waals surface area contributed by atoms with Gasteiger partial charge in [0, 0.05) is 22.5 Å². The van der Waals surface area contributed by atoms with Gasteiger partial charge in [0.2, 0.25) is 0 Å². The number of aromatic hydroxyl groups is 1. The van der Waals surface area contributed by atoms with Crippen molar-refractivity contribution in [2.24, 2.45) is 0 Å². The number of benzene rings is 5. The highest BCUT2D eigenvalue weighted by Gasteiger charge is 2.48. The molecule has 1 atom stereocenters. The van der Waals surface area contributed by atoms with Crippen LogP contribution in [0.5, 0.6) is 11.5 Å². The summed E-state index contributed by atoms with van der Waals surface area (Å²) in [5.41, 5.74) is 8.69. The highest BCUT2D eigenvalue weighted by Crippen LogP contribution is 2.57. The van der Waals surface area contributed by atoms with Crippen molar-refractivity contribution in [3.05, 3.63) is 166 Å². The molecule has 1 aliphatic carbocycles. The first-order chi connectivity index (χ1) is 19.2. The van der Waals surface area contributed by atoms with Crippen LogP contribution in [0.4, 0.5) is 0 Å². The summed E-state index contributed by atoms with van der Waals surface area (Å²) in [5.74, 6) is 1.05. The fraction of sp³-hybridized carbons (Fsp3) is 0.111.